The van der Waals surface area contributed by atoms with Crippen LogP contribution in [0.4, 0.5) is 23.7 Å². The van der Waals surface area contributed by atoms with Crippen LogP contribution in [0.5, 0.6) is 0 Å². The second kappa shape index (κ2) is 5.39. The zero-order valence-electron chi connectivity index (χ0n) is 13.3. The van der Waals surface area contributed by atoms with Crippen molar-refractivity contribution in [3.05, 3.63) is 29.8 Å². The third-order valence-corrected chi connectivity index (χ3v) is 5.89. The lowest BCUT2D eigenvalue weighted by Crippen LogP contribution is -2.60. The molecule has 5 rings (SSSR count). The summed E-state index contributed by atoms with van der Waals surface area (Å²) in [5.74, 6) is 2.17. The summed E-state index contributed by atoms with van der Waals surface area (Å²) in [6.07, 6.45) is 2.64. The monoisotopic (exact) mass is 338 g/mol. The number of urea groups is 1. The van der Waals surface area contributed by atoms with Crippen LogP contribution in [-0.2, 0) is 6.18 Å². The van der Waals surface area contributed by atoms with E-state index < -0.39 is 11.7 Å². The fourth-order valence-electron chi connectivity index (χ4n) is 5.41. The zero-order valence-corrected chi connectivity index (χ0v) is 13.3. The third kappa shape index (κ3) is 2.98. The van der Waals surface area contributed by atoms with Gasteiger partial charge in [-0.15, -0.1) is 0 Å². The van der Waals surface area contributed by atoms with E-state index in [-0.39, 0.29) is 11.6 Å². The Labute approximate surface area is 139 Å². The molecule has 6 heteroatoms. The fourth-order valence-corrected chi connectivity index (χ4v) is 5.41. The zero-order chi connectivity index (χ0) is 16.9. The summed E-state index contributed by atoms with van der Waals surface area (Å²) in [6.45, 7) is 0. The molecular formula is C18H21F3N2O. The molecule has 2 N–H and O–H groups in total. The van der Waals surface area contributed by atoms with E-state index in [0.717, 1.165) is 49.1 Å². The smallest absolute Gasteiger partial charge is 0.332 e. The van der Waals surface area contributed by atoms with Crippen LogP contribution in [0, 0.1) is 17.8 Å². The summed E-state index contributed by atoms with van der Waals surface area (Å²) >= 11 is 0. The van der Waals surface area contributed by atoms with E-state index in [1.807, 2.05) is 0 Å². The number of anilines is 1. The lowest BCUT2D eigenvalue weighted by atomic mass is 9.53. The average molecular weight is 338 g/mol. The quantitative estimate of drug-likeness (QED) is 0.799. The molecule has 24 heavy (non-hydrogen) atoms. The molecule has 0 spiro atoms. The van der Waals surface area contributed by atoms with Gasteiger partial charge in [0.05, 0.1) is 5.56 Å². The summed E-state index contributed by atoms with van der Waals surface area (Å²) in [7, 11) is 0. The first-order chi connectivity index (χ1) is 11.3. The van der Waals surface area contributed by atoms with Gasteiger partial charge in [-0.3, -0.25) is 0 Å². The molecule has 0 radical (unpaired) electrons. The lowest BCUT2D eigenvalue weighted by molar-refractivity contribution is -0.137. The number of alkyl halides is 3. The molecule has 1 aromatic carbocycles. The van der Waals surface area contributed by atoms with Gasteiger partial charge in [0.2, 0.25) is 0 Å². The van der Waals surface area contributed by atoms with Crippen molar-refractivity contribution in [2.75, 3.05) is 5.32 Å². The van der Waals surface area contributed by atoms with Crippen LogP contribution in [-0.4, -0.2) is 11.6 Å². The van der Waals surface area contributed by atoms with E-state index in [9.17, 15) is 18.0 Å². The van der Waals surface area contributed by atoms with Gasteiger partial charge >= 0.3 is 12.2 Å². The number of halogens is 3. The Bertz CT molecular complexity index is 603. The Morgan fingerprint density at radius 3 is 1.92 bits per heavy atom. The number of hydrogen-bond acceptors (Lipinski definition) is 1. The van der Waals surface area contributed by atoms with Crippen LogP contribution >= 0.6 is 0 Å². The van der Waals surface area contributed by atoms with Crippen LogP contribution in [0.1, 0.15) is 44.1 Å². The first-order valence-corrected chi connectivity index (χ1v) is 8.58. The molecule has 4 aliphatic rings. The normalized spacial score (nSPS) is 34.2. The number of amides is 2. The number of carbonyl (C=O) groups excluding carboxylic acids is 1. The minimum atomic E-state index is -4.36. The average Bonchev–Trinajstić information content (AvgIpc) is 2.44. The van der Waals surface area contributed by atoms with Gasteiger partial charge in [0.15, 0.2) is 0 Å². The number of nitrogens with one attached hydrogen (secondary N) is 2. The molecule has 0 aliphatic heterocycles. The van der Waals surface area contributed by atoms with Crippen molar-refractivity contribution in [2.45, 2.75) is 50.2 Å². The topological polar surface area (TPSA) is 41.1 Å². The molecule has 3 nitrogen and oxygen atoms in total. The third-order valence-electron chi connectivity index (χ3n) is 5.89. The molecule has 4 aliphatic carbocycles. The first-order valence-electron chi connectivity index (χ1n) is 8.58. The maximum absolute atomic E-state index is 12.6. The minimum Gasteiger partial charge on any atom is -0.332 e. The lowest BCUT2D eigenvalue weighted by Gasteiger charge is -2.56. The van der Waals surface area contributed by atoms with Crippen molar-refractivity contribution in [2.24, 2.45) is 17.8 Å². The van der Waals surface area contributed by atoms with Crippen molar-refractivity contribution < 1.29 is 18.0 Å². The predicted molar refractivity (Wildman–Crippen MR) is 84.5 cm³/mol. The summed E-state index contributed by atoms with van der Waals surface area (Å²) < 4.78 is 37.7. The Morgan fingerprint density at radius 1 is 0.958 bits per heavy atom. The molecule has 4 fully saturated rings. The SMILES string of the molecule is O=C(Nc1ccc(C(F)(F)F)cc1)NC12CC3CC(CC(C3)C1)C2. The van der Waals surface area contributed by atoms with Crippen molar-refractivity contribution in [3.8, 4) is 0 Å². The van der Waals surface area contributed by atoms with Gasteiger partial charge in [0, 0.05) is 11.2 Å². The van der Waals surface area contributed by atoms with E-state index in [0.29, 0.717) is 5.69 Å². The van der Waals surface area contributed by atoms with E-state index in [1.54, 1.807) is 0 Å². The van der Waals surface area contributed by atoms with E-state index in [2.05, 4.69) is 10.6 Å². The van der Waals surface area contributed by atoms with Crippen LogP contribution in [0.3, 0.4) is 0 Å². The summed E-state index contributed by atoms with van der Waals surface area (Å²) in [5, 5.41) is 5.82. The van der Waals surface area contributed by atoms with E-state index in [1.165, 1.54) is 31.4 Å². The highest BCUT2D eigenvalue weighted by molar-refractivity contribution is 5.89. The minimum absolute atomic E-state index is 0.106. The molecule has 4 saturated carbocycles. The highest BCUT2D eigenvalue weighted by Crippen LogP contribution is 2.55. The maximum Gasteiger partial charge on any atom is 0.416 e. The fraction of sp³-hybridized carbons (Fsp3) is 0.611. The molecule has 0 saturated heterocycles. The van der Waals surface area contributed by atoms with E-state index in [4.69, 9.17) is 0 Å². The van der Waals surface area contributed by atoms with Crippen LogP contribution in [0.25, 0.3) is 0 Å². The number of hydrogen-bond donors (Lipinski definition) is 2. The highest BCUT2D eigenvalue weighted by Gasteiger charge is 2.51. The van der Waals surface area contributed by atoms with Crippen molar-refractivity contribution >= 4 is 11.7 Å². The summed E-state index contributed by atoms with van der Waals surface area (Å²) in [4.78, 5) is 12.3. The molecule has 4 bridgehead atoms. The van der Waals surface area contributed by atoms with Gasteiger partial charge in [-0.1, -0.05) is 0 Å². The molecule has 1 aromatic rings. The molecule has 0 aromatic heterocycles. The van der Waals surface area contributed by atoms with Crippen molar-refractivity contribution in [1.82, 2.24) is 5.32 Å². The standard InChI is InChI=1S/C18H21F3N2O/c19-18(20,21)14-1-3-15(4-2-14)22-16(24)23-17-8-11-5-12(9-17)7-13(6-11)10-17/h1-4,11-13H,5-10H2,(H2,22,23,24). The van der Waals surface area contributed by atoms with Gasteiger partial charge in [-0.05, 0) is 80.5 Å². The van der Waals surface area contributed by atoms with Gasteiger partial charge in [-0.2, -0.15) is 13.2 Å². The van der Waals surface area contributed by atoms with E-state index >= 15 is 0 Å². The van der Waals surface area contributed by atoms with Crippen LogP contribution in [0.15, 0.2) is 24.3 Å². The largest absolute Gasteiger partial charge is 0.416 e. The molecule has 0 heterocycles. The van der Waals surface area contributed by atoms with Crippen LogP contribution in [0.2, 0.25) is 0 Å². The van der Waals surface area contributed by atoms with Crippen molar-refractivity contribution in [1.29, 1.82) is 0 Å². The van der Waals surface area contributed by atoms with Crippen molar-refractivity contribution in [3.63, 3.8) is 0 Å². The maximum atomic E-state index is 12.6. The number of benzene rings is 1. The Kier molecular flexibility index (Phi) is 3.55. The van der Waals surface area contributed by atoms with Gasteiger partial charge in [-0.25, -0.2) is 4.79 Å². The Morgan fingerprint density at radius 2 is 1.46 bits per heavy atom. The molecule has 0 unspecified atom stereocenters. The van der Waals surface area contributed by atoms with Gasteiger partial charge in [0.25, 0.3) is 0 Å². The molecule has 130 valence electrons. The predicted octanol–water partition coefficient (Wildman–Crippen LogP) is 4.80. The molecule has 2 amide bonds. The Hall–Kier alpha value is -1.72. The first kappa shape index (κ1) is 15.8. The second-order valence-electron chi connectivity index (χ2n) is 7.85. The number of rotatable bonds is 2. The Balaban J connectivity index is 1.40. The second-order valence-corrected chi connectivity index (χ2v) is 7.85. The number of carbonyl (C=O) groups is 1. The highest BCUT2D eigenvalue weighted by atomic mass is 19.4. The van der Waals surface area contributed by atoms with Gasteiger partial charge < -0.3 is 10.6 Å². The summed E-state index contributed by atoms with van der Waals surface area (Å²) in [5.41, 5.74) is -0.440. The van der Waals surface area contributed by atoms with Gasteiger partial charge in [0.1, 0.15) is 0 Å². The summed E-state index contributed by atoms with van der Waals surface area (Å²) in [6, 6.07) is 4.25. The van der Waals surface area contributed by atoms with Crippen LogP contribution < -0.4 is 10.6 Å². The molecular weight excluding hydrogens is 317 g/mol. The molecule has 0 atom stereocenters.